The van der Waals surface area contributed by atoms with E-state index in [1.54, 1.807) is 0 Å². The van der Waals surface area contributed by atoms with Gasteiger partial charge in [0.25, 0.3) is 0 Å². The Hall–Kier alpha value is -1.05. The Bertz CT molecular complexity index is 578. The van der Waals surface area contributed by atoms with E-state index in [4.69, 9.17) is 23.2 Å². The molecule has 0 heterocycles. The SMILES string of the molecule is Fc1ccc([C@H]2C[C@H](Cl)c3ccc(Cl)cc32)cc1. The van der Waals surface area contributed by atoms with Crippen molar-refractivity contribution in [2.45, 2.75) is 17.7 Å². The third-order valence-electron chi connectivity index (χ3n) is 3.48. The number of hydrogen-bond donors (Lipinski definition) is 0. The summed E-state index contributed by atoms with van der Waals surface area (Å²) >= 11 is 12.4. The maximum Gasteiger partial charge on any atom is 0.123 e. The smallest absolute Gasteiger partial charge is 0.123 e. The molecule has 1 aliphatic carbocycles. The number of alkyl halides is 1. The first-order valence-electron chi connectivity index (χ1n) is 5.84. The Morgan fingerprint density at radius 1 is 1.00 bits per heavy atom. The summed E-state index contributed by atoms with van der Waals surface area (Å²) in [6, 6.07) is 12.4. The minimum Gasteiger partial charge on any atom is -0.207 e. The summed E-state index contributed by atoms with van der Waals surface area (Å²) in [5.74, 6) is -0.00714. The van der Waals surface area contributed by atoms with Gasteiger partial charge in [0.2, 0.25) is 0 Å². The lowest BCUT2D eigenvalue weighted by molar-refractivity contribution is 0.626. The molecule has 0 unspecified atom stereocenters. The molecule has 3 rings (SSSR count). The van der Waals surface area contributed by atoms with E-state index in [2.05, 4.69) is 0 Å². The minimum absolute atomic E-state index is 0.00678. The summed E-state index contributed by atoms with van der Waals surface area (Å²) in [6.45, 7) is 0. The van der Waals surface area contributed by atoms with Crippen molar-refractivity contribution in [1.29, 1.82) is 0 Å². The first-order valence-corrected chi connectivity index (χ1v) is 6.65. The van der Waals surface area contributed by atoms with E-state index in [1.165, 1.54) is 12.1 Å². The highest BCUT2D eigenvalue weighted by molar-refractivity contribution is 6.30. The van der Waals surface area contributed by atoms with Crippen molar-refractivity contribution in [3.8, 4) is 0 Å². The van der Waals surface area contributed by atoms with Gasteiger partial charge < -0.3 is 0 Å². The Kier molecular flexibility index (Phi) is 3.04. The van der Waals surface area contributed by atoms with Crippen LogP contribution in [0.25, 0.3) is 0 Å². The quantitative estimate of drug-likeness (QED) is 0.623. The Balaban J connectivity index is 2.06. The van der Waals surface area contributed by atoms with Gasteiger partial charge >= 0.3 is 0 Å². The van der Waals surface area contributed by atoms with Crippen molar-refractivity contribution in [1.82, 2.24) is 0 Å². The lowest BCUT2D eigenvalue weighted by atomic mass is 9.93. The number of halogens is 3. The molecular weight excluding hydrogens is 270 g/mol. The Labute approximate surface area is 115 Å². The van der Waals surface area contributed by atoms with Gasteiger partial charge in [0.1, 0.15) is 5.82 Å². The van der Waals surface area contributed by atoms with Gasteiger partial charge in [-0.15, -0.1) is 11.6 Å². The highest BCUT2D eigenvalue weighted by Gasteiger charge is 2.30. The first-order chi connectivity index (χ1) is 8.65. The van der Waals surface area contributed by atoms with E-state index in [0.717, 1.165) is 23.1 Å². The van der Waals surface area contributed by atoms with E-state index in [1.807, 2.05) is 30.3 Å². The zero-order valence-electron chi connectivity index (χ0n) is 9.54. The van der Waals surface area contributed by atoms with Crippen molar-refractivity contribution < 1.29 is 4.39 Å². The molecule has 0 radical (unpaired) electrons. The molecule has 0 bridgehead atoms. The largest absolute Gasteiger partial charge is 0.207 e. The Morgan fingerprint density at radius 3 is 2.44 bits per heavy atom. The molecule has 0 saturated carbocycles. The highest BCUT2D eigenvalue weighted by atomic mass is 35.5. The zero-order valence-corrected chi connectivity index (χ0v) is 11.0. The number of hydrogen-bond acceptors (Lipinski definition) is 0. The van der Waals surface area contributed by atoms with Crippen LogP contribution in [-0.2, 0) is 0 Å². The average molecular weight is 281 g/mol. The van der Waals surface area contributed by atoms with Gasteiger partial charge in [0.15, 0.2) is 0 Å². The van der Waals surface area contributed by atoms with Crippen LogP contribution in [0.15, 0.2) is 42.5 Å². The maximum atomic E-state index is 13.0. The van der Waals surface area contributed by atoms with Crippen molar-refractivity contribution in [2.24, 2.45) is 0 Å². The predicted molar refractivity (Wildman–Crippen MR) is 72.9 cm³/mol. The molecule has 3 heteroatoms. The second-order valence-electron chi connectivity index (χ2n) is 4.58. The molecule has 2 atom stereocenters. The van der Waals surface area contributed by atoms with Crippen LogP contribution in [-0.4, -0.2) is 0 Å². The third kappa shape index (κ3) is 2.02. The third-order valence-corrected chi connectivity index (χ3v) is 4.13. The number of benzene rings is 2. The van der Waals surface area contributed by atoms with Gasteiger partial charge in [0, 0.05) is 10.9 Å². The summed E-state index contributed by atoms with van der Waals surface area (Å²) in [5.41, 5.74) is 3.38. The molecule has 0 aromatic heterocycles. The van der Waals surface area contributed by atoms with E-state index < -0.39 is 0 Å². The van der Waals surface area contributed by atoms with E-state index in [9.17, 15) is 4.39 Å². The molecule has 0 nitrogen and oxygen atoms in total. The summed E-state index contributed by atoms with van der Waals surface area (Å²) < 4.78 is 13.0. The van der Waals surface area contributed by atoms with Crippen LogP contribution in [0.5, 0.6) is 0 Å². The monoisotopic (exact) mass is 280 g/mol. The van der Waals surface area contributed by atoms with Gasteiger partial charge in [-0.2, -0.15) is 0 Å². The molecule has 0 spiro atoms. The molecule has 1 aliphatic rings. The topological polar surface area (TPSA) is 0 Å². The standard InChI is InChI=1S/C15H11Cl2F/c16-10-3-6-12-14(7-10)13(8-15(12)17)9-1-4-11(18)5-2-9/h1-7,13,15H,8H2/t13-,15+/m1/s1. The molecule has 92 valence electrons. The normalized spacial score (nSPS) is 21.9. The first kappa shape index (κ1) is 12.0. The average Bonchev–Trinajstić information content (AvgIpc) is 2.67. The molecule has 2 aromatic carbocycles. The summed E-state index contributed by atoms with van der Waals surface area (Å²) in [7, 11) is 0. The van der Waals surface area contributed by atoms with Gasteiger partial charge in [-0.05, 0) is 47.4 Å². The molecule has 18 heavy (non-hydrogen) atoms. The minimum atomic E-state index is -0.217. The fourth-order valence-corrected chi connectivity index (χ4v) is 3.16. The Morgan fingerprint density at radius 2 is 1.72 bits per heavy atom. The van der Waals surface area contributed by atoms with Crippen LogP contribution in [0.4, 0.5) is 4.39 Å². The fourth-order valence-electron chi connectivity index (χ4n) is 2.60. The van der Waals surface area contributed by atoms with Crippen LogP contribution in [0.2, 0.25) is 5.02 Å². The van der Waals surface area contributed by atoms with Gasteiger partial charge in [-0.1, -0.05) is 29.8 Å². The molecule has 0 saturated heterocycles. The molecular formula is C15H11Cl2F. The maximum absolute atomic E-state index is 13.0. The van der Waals surface area contributed by atoms with E-state index in [0.29, 0.717) is 5.02 Å². The second kappa shape index (κ2) is 4.56. The zero-order chi connectivity index (χ0) is 12.7. The number of fused-ring (bicyclic) bond motifs is 1. The predicted octanol–water partition coefficient (Wildman–Crippen LogP) is 5.29. The summed E-state index contributed by atoms with van der Waals surface area (Å²) in [6.07, 6.45) is 0.836. The molecule has 0 amide bonds. The van der Waals surface area contributed by atoms with Crippen molar-refractivity contribution in [3.63, 3.8) is 0 Å². The highest BCUT2D eigenvalue weighted by Crippen LogP contribution is 2.47. The van der Waals surface area contributed by atoms with Crippen LogP contribution in [0.1, 0.15) is 34.4 Å². The van der Waals surface area contributed by atoms with Crippen LogP contribution >= 0.6 is 23.2 Å². The second-order valence-corrected chi connectivity index (χ2v) is 5.54. The van der Waals surface area contributed by atoms with Crippen LogP contribution in [0.3, 0.4) is 0 Å². The van der Waals surface area contributed by atoms with Crippen LogP contribution < -0.4 is 0 Å². The molecule has 0 N–H and O–H groups in total. The molecule has 2 aromatic rings. The van der Waals surface area contributed by atoms with E-state index >= 15 is 0 Å². The van der Waals surface area contributed by atoms with Gasteiger partial charge in [-0.25, -0.2) is 4.39 Å². The fraction of sp³-hybridized carbons (Fsp3) is 0.200. The van der Waals surface area contributed by atoms with Crippen molar-refractivity contribution >= 4 is 23.2 Å². The molecule has 0 fully saturated rings. The van der Waals surface area contributed by atoms with Crippen molar-refractivity contribution in [3.05, 3.63) is 70.0 Å². The lowest BCUT2D eigenvalue weighted by Gasteiger charge is -2.12. The van der Waals surface area contributed by atoms with E-state index in [-0.39, 0.29) is 17.1 Å². The molecule has 0 aliphatic heterocycles. The summed E-state index contributed by atoms with van der Waals surface area (Å²) in [4.78, 5) is 0. The van der Waals surface area contributed by atoms with Crippen LogP contribution in [0, 0.1) is 5.82 Å². The number of rotatable bonds is 1. The lowest BCUT2D eigenvalue weighted by Crippen LogP contribution is -1.96. The van der Waals surface area contributed by atoms with Crippen molar-refractivity contribution in [2.75, 3.05) is 0 Å². The van der Waals surface area contributed by atoms with Gasteiger partial charge in [-0.3, -0.25) is 0 Å². The summed E-state index contributed by atoms with van der Waals surface area (Å²) in [5, 5.41) is 0.721. The van der Waals surface area contributed by atoms with Gasteiger partial charge in [0.05, 0.1) is 5.38 Å².